The van der Waals surface area contributed by atoms with Crippen molar-refractivity contribution in [3.8, 4) is 0 Å². The maximum Gasteiger partial charge on any atom is 0.253 e. The molecule has 7 nitrogen and oxygen atoms in total. The molecule has 2 heterocycles. The van der Waals surface area contributed by atoms with Gasteiger partial charge in [-0.05, 0) is 48.7 Å². The maximum atomic E-state index is 12.7. The number of hydrogen-bond donors (Lipinski definition) is 1. The van der Waals surface area contributed by atoms with Crippen molar-refractivity contribution in [2.24, 2.45) is 0 Å². The first-order chi connectivity index (χ1) is 13.0. The number of aromatic nitrogens is 1. The zero-order valence-corrected chi connectivity index (χ0v) is 16.0. The van der Waals surface area contributed by atoms with E-state index in [4.69, 9.17) is 4.74 Å². The summed E-state index contributed by atoms with van der Waals surface area (Å²) in [6.45, 7) is 1.32. The first-order valence-electron chi connectivity index (χ1n) is 8.81. The van der Waals surface area contributed by atoms with Crippen LogP contribution in [0.2, 0.25) is 0 Å². The van der Waals surface area contributed by atoms with Crippen molar-refractivity contribution >= 4 is 15.9 Å². The highest BCUT2D eigenvalue weighted by Crippen LogP contribution is 2.16. The smallest absolute Gasteiger partial charge is 0.253 e. The third kappa shape index (κ3) is 5.12. The summed E-state index contributed by atoms with van der Waals surface area (Å²) >= 11 is 0. The molecule has 0 bridgehead atoms. The van der Waals surface area contributed by atoms with Crippen molar-refractivity contribution in [2.45, 2.75) is 30.4 Å². The van der Waals surface area contributed by atoms with Crippen molar-refractivity contribution in [1.29, 1.82) is 0 Å². The van der Waals surface area contributed by atoms with Crippen LogP contribution in [-0.4, -0.2) is 50.5 Å². The van der Waals surface area contributed by atoms with Gasteiger partial charge in [-0.15, -0.1) is 0 Å². The number of nitrogens with one attached hydrogen (secondary N) is 1. The standard InChI is InChI=1S/C19H23N3O4S/c1-22(14-15-7-9-20-10-8-15)19(23)16-4-2-6-18(12-16)27(24,25)21-13-17-5-3-11-26-17/h2,4,6-10,12,17,21H,3,5,11,13-14H2,1H3. The van der Waals surface area contributed by atoms with Gasteiger partial charge < -0.3 is 9.64 Å². The molecule has 0 saturated carbocycles. The van der Waals surface area contributed by atoms with Gasteiger partial charge in [0, 0.05) is 44.7 Å². The molecule has 1 atom stereocenters. The maximum absolute atomic E-state index is 12.7. The lowest BCUT2D eigenvalue weighted by Gasteiger charge is -2.18. The van der Waals surface area contributed by atoms with Gasteiger partial charge in [-0.2, -0.15) is 0 Å². The molecule has 3 rings (SSSR count). The number of benzene rings is 1. The van der Waals surface area contributed by atoms with E-state index in [2.05, 4.69) is 9.71 Å². The van der Waals surface area contributed by atoms with Crippen LogP contribution in [0.4, 0.5) is 0 Å². The van der Waals surface area contributed by atoms with Crippen molar-refractivity contribution in [3.05, 3.63) is 59.9 Å². The van der Waals surface area contributed by atoms with Crippen molar-refractivity contribution < 1.29 is 17.9 Å². The molecule has 0 aliphatic carbocycles. The van der Waals surface area contributed by atoms with Crippen LogP contribution in [0.25, 0.3) is 0 Å². The monoisotopic (exact) mass is 389 g/mol. The molecule has 2 aromatic rings. The molecule has 1 fully saturated rings. The van der Waals surface area contributed by atoms with E-state index in [0.717, 1.165) is 18.4 Å². The Labute approximate surface area is 159 Å². The van der Waals surface area contributed by atoms with E-state index in [0.29, 0.717) is 18.7 Å². The average Bonchev–Trinajstić information content (AvgIpc) is 3.20. The summed E-state index contributed by atoms with van der Waals surface area (Å²) in [5.74, 6) is -0.247. The summed E-state index contributed by atoms with van der Waals surface area (Å²) in [4.78, 5) is 18.2. The van der Waals surface area contributed by atoms with Crippen molar-refractivity contribution in [2.75, 3.05) is 20.2 Å². The third-order valence-electron chi connectivity index (χ3n) is 4.43. The predicted molar refractivity (Wildman–Crippen MR) is 101 cm³/mol. The number of ether oxygens (including phenoxy) is 1. The molecule has 1 amide bonds. The summed E-state index contributed by atoms with van der Waals surface area (Å²) in [7, 11) is -2.02. The fourth-order valence-corrected chi connectivity index (χ4v) is 4.05. The lowest BCUT2D eigenvalue weighted by atomic mass is 10.2. The molecule has 144 valence electrons. The predicted octanol–water partition coefficient (Wildman–Crippen LogP) is 1.81. The summed E-state index contributed by atoms with van der Waals surface area (Å²) in [6, 6.07) is 9.75. The molecule has 1 aromatic heterocycles. The number of amides is 1. The van der Waals surface area contributed by atoms with E-state index in [9.17, 15) is 13.2 Å². The van der Waals surface area contributed by atoms with Crippen LogP contribution in [0.3, 0.4) is 0 Å². The Morgan fingerprint density at radius 1 is 1.30 bits per heavy atom. The molecule has 1 unspecified atom stereocenters. The lowest BCUT2D eigenvalue weighted by molar-refractivity contribution is 0.0785. The zero-order chi connectivity index (χ0) is 19.3. The zero-order valence-electron chi connectivity index (χ0n) is 15.2. The highest BCUT2D eigenvalue weighted by molar-refractivity contribution is 7.89. The summed E-state index contributed by atoms with van der Waals surface area (Å²) in [5, 5.41) is 0. The molecule has 0 spiro atoms. The normalized spacial score (nSPS) is 17.0. The SMILES string of the molecule is CN(Cc1ccncc1)C(=O)c1cccc(S(=O)(=O)NCC2CCCO2)c1. The molecule has 1 saturated heterocycles. The highest BCUT2D eigenvalue weighted by atomic mass is 32.2. The fourth-order valence-electron chi connectivity index (χ4n) is 2.94. The van der Waals surface area contributed by atoms with Crippen molar-refractivity contribution in [3.63, 3.8) is 0 Å². The number of hydrogen-bond acceptors (Lipinski definition) is 5. The van der Waals surface area contributed by atoms with Crippen LogP contribution in [0, 0.1) is 0 Å². The number of carbonyl (C=O) groups excluding carboxylic acids is 1. The van der Waals surface area contributed by atoms with Crippen LogP contribution in [-0.2, 0) is 21.3 Å². The van der Waals surface area contributed by atoms with Gasteiger partial charge in [0.05, 0.1) is 11.0 Å². The van der Waals surface area contributed by atoms with E-state index in [1.807, 2.05) is 12.1 Å². The first-order valence-corrected chi connectivity index (χ1v) is 10.3. The molecule has 0 radical (unpaired) electrons. The quantitative estimate of drug-likeness (QED) is 0.780. The number of sulfonamides is 1. The van der Waals surface area contributed by atoms with Gasteiger partial charge in [0.2, 0.25) is 10.0 Å². The van der Waals surface area contributed by atoms with Gasteiger partial charge in [0.25, 0.3) is 5.91 Å². The van der Waals surface area contributed by atoms with Crippen LogP contribution in [0.1, 0.15) is 28.8 Å². The van der Waals surface area contributed by atoms with E-state index in [1.165, 1.54) is 12.1 Å². The number of nitrogens with zero attached hydrogens (tertiary/aromatic N) is 2. The van der Waals surface area contributed by atoms with Gasteiger partial charge in [-0.25, -0.2) is 13.1 Å². The Bertz CT molecular complexity index is 881. The number of rotatable bonds is 7. The molecule has 8 heteroatoms. The van der Waals surface area contributed by atoms with Crippen LogP contribution in [0.15, 0.2) is 53.7 Å². The second-order valence-corrected chi connectivity index (χ2v) is 8.30. The largest absolute Gasteiger partial charge is 0.377 e. The van der Waals surface area contributed by atoms with Gasteiger partial charge in [-0.3, -0.25) is 9.78 Å². The minimum Gasteiger partial charge on any atom is -0.377 e. The minimum absolute atomic E-state index is 0.0728. The Balaban J connectivity index is 1.69. The molecular weight excluding hydrogens is 366 g/mol. The lowest BCUT2D eigenvalue weighted by Crippen LogP contribution is -2.32. The molecule has 1 aliphatic heterocycles. The van der Waals surface area contributed by atoms with Crippen LogP contribution in [0.5, 0.6) is 0 Å². The molecule has 1 aromatic carbocycles. The Morgan fingerprint density at radius 3 is 2.78 bits per heavy atom. The molecular formula is C19H23N3O4S. The van der Waals surface area contributed by atoms with Crippen LogP contribution < -0.4 is 4.72 Å². The minimum atomic E-state index is -3.70. The summed E-state index contributed by atoms with van der Waals surface area (Å²) in [6.07, 6.45) is 5.04. The summed E-state index contributed by atoms with van der Waals surface area (Å²) in [5.41, 5.74) is 1.27. The van der Waals surface area contributed by atoms with Gasteiger partial charge in [0.15, 0.2) is 0 Å². The van der Waals surface area contributed by atoms with E-state index in [1.54, 1.807) is 36.5 Å². The second-order valence-electron chi connectivity index (χ2n) is 6.53. The van der Waals surface area contributed by atoms with Crippen molar-refractivity contribution in [1.82, 2.24) is 14.6 Å². The molecule has 1 aliphatic rings. The molecule has 1 N–H and O–H groups in total. The first kappa shape index (κ1) is 19.5. The Morgan fingerprint density at radius 2 is 2.07 bits per heavy atom. The third-order valence-corrected chi connectivity index (χ3v) is 5.85. The fraction of sp³-hybridized carbons (Fsp3) is 0.368. The van der Waals surface area contributed by atoms with Gasteiger partial charge >= 0.3 is 0 Å². The Hall–Kier alpha value is -2.29. The average molecular weight is 389 g/mol. The Kier molecular flexibility index (Phi) is 6.20. The topological polar surface area (TPSA) is 88.6 Å². The molecule has 27 heavy (non-hydrogen) atoms. The van der Waals surface area contributed by atoms with Crippen LogP contribution >= 0.6 is 0 Å². The number of pyridine rings is 1. The number of carbonyl (C=O) groups is 1. The van der Waals surface area contributed by atoms with E-state index in [-0.39, 0.29) is 23.5 Å². The highest BCUT2D eigenvalue weighted by Gasteiger charge is 2.21. The summed E-state index contributed by atoms with van der Waals surface area (Å²) < 4.78 is 33.1. The van der Waals surface area contributed by atoms with E-state index < -0.39 is 10.0 Å². The van der Waals surface area contributed by atoms with E-state index >= 15 is 0 Å². The van der Waals surface area contributed by atoms with Gasteiger partial charge in [-0.1, -0.05) is 6.07 Å². The van der Waals surface area contributed by atoms with Gasteiger partial charge in [0.1, 0.15) is 0 Å². The second kappa shape index (κ2) is 8.60.